The van der Waals surface area contributed by atoms with E-state index in [1.165, 1.54) is 0 Å². The van der Waals surface area contributed by atoms with Gasteiger partial charge in [0, 0.05) is 7.79 Å². The lowest BCUT2D eigenvalue weighted by Gasteiger charge is -1.95. The van der Waals surface area contributed by atoms with Crippen LogP contribution in [0.15, 0.2) is 0 Å². The molecule has 60 valence electrons. The summed E-state index contributed by atoms with van der Waals surface area (Å²) in [5.74, 6) is -0.703. The Morgan fingerprint density at radius 3 is 2.70 bits per heavy atom. The van der Waals surface area contributed by atoms with Gasteiger partial charge in [-0.2, -0.15) is 0 Å². The van der Waals surface area contributed by atoms with Crippen LogP contribution in [0.3, 0.4) is 0 Å². The Morgan fingerprint density at radius 1 is 1.40 bits per heavy atom. The van der Waals surface area contributed by atoms with Crippen LogP contribution in [-0.4, -0.2) is 11.1 Å². The summed E-state index contributed by atoms with van der Waals surface area (Å²) in [5.41, 5.74) is 0. The van der Waals surface area contributed by atoms with E-state index in [1.54, 1.807) is 0 Å². The van der Waals surface area contributed by atoms with Crippen molar-refractivity contribution in [2.24, 2.45) is 0 Å². The summed E-state index contributed by atoms with van der Waals surface area (Å²) in [6.07, 6.45) is 5.17. The van der Waals surface area contributed by atoms with Gasteiger partial charge in [-0.15, -0.1) is 0 Å². The fraction of sp³-hybridized carbons (Fsp3) is 0.875. The van der Waals surface area contributed by atoms with E-state index in [-0.39, 0.29) is 0 Å². The van der Waals surface area contributed by atoms with Crippen LogP contribution in [0.2, 0.25) is 0 Å². The number of carboxylic acid groups (broad SMARTS) is 1. The van der Waals surface area contributed by atoms with Gasteiger partial charge in [-0.05, 0) is 6.42 Å². The fourth-order valence-electron chi connectivity index (χ4n) is 0.807. The third kappa shape index (κ3) is 7.47. The van der Waals surface area contributed by atoms with Gasteiger partial charge in [0.2, 0.25) is 0 Å². The van der Waals surface area contributed by atoms with E-state index in [0.29, 0.717) is 13.3 Å². The standard InChI is InChI=1S/C8H16O2/c1-2-3-4-5-6-7-8(9)10/h2-7H2,1H3,(H,9,10)/i1D. The van der Waals surface area contributed by atoms with Crippen LogP contribution in [0.4, 0.5) is 0 Å². The van der Waals surface area contributed by atoms with Crippen molar-refractivity contribution in [3.8, 4) is 0 Å². The molecule has 0 spiro atoms. The Bertz CT molecular complexity index is 104. The number of rotatable bonds is 6. The van der Waals surface area contributed by atoms with Crippen LogP contribution in [0.5, 0.6) is 0 Å². The van der Waals surface area contributed by atoms with Crippen molar-refractivity contribution >= 4 is 5.97 Å². The second-order valence-corrected chi connectivity index (χ2v) is 2.41. The molecule has 0 aromatic heterocycles. The number of aliphatic carboxylic acids is 1. The van der Waals surface area contributed by atoms with Crippen molar-refractivity contribution in [3.63, 3.8) is 0 Å². The van der Waals surface area contributed by atoms with Crippen molar-refractivity contribution in [3.05, 3.63) is 0 Å². The molecule has 0 amide bonds. The molecule has 0 saturated carbocycles. The summed E-state index contributed by atoms with van der Waals surface area (Å²) in [6, 6.07) is 0. The molecule has 0 aliphatic rings. The number of carbonyl (C=O) groups is 1. The Kier molecular flexibility index (Phi) is 4.99. The van der Waals surface area contributed by atoms with Gasteiger partial charge in [-0.25, -0.2) is 0 Å². The summed E-state index contributed by atoms with van der Waals surface area (Å²) in [6.45, 7) is 0.499. The van der Waals surface area contributed by atoms with Gasteiger partial charge >= 0.3 is 5.97 Å². The molecule has 0 unspecified atom stereocenters. The highest BCUT2D eigenvalue weighted by molar-refractivity contribution is 5.66. The second-order valence-electron chi connectivity index (χ2n) is 2.41. The van der Waals surface area contributed by atoms with Gasteiger partial charge in [0.05, 0.1) is 0 Å². The van der Waals surface area contributed by atoms with Crippen LogP contribution < -0.4 is 0 Å². The van der Waals surface area contributed by atoms with Crippen molar-refractivity contribution in [1.82, 2.24) is 0 Å². The average Bonchev–Trinajstić information content (AvgIpc) is 1.96. The lowest BCUT2D eigenvalue weighted by atomic mass is 10.1. The van der Waals surface area contributed by atoms with Gasteiger partial charge in [0.25, 0.3) is 0 Å². The van der Waals surface area contributed by atoms with Crippen molar-refractivity contribution in [2.45, 2.75) is 45.4 Å². The Hall–Kier alpha value is -0.530. The Balaban J connectivity index is 2.85. The van der Waals surface area contributed by atoms with Crippen molar-refractivity contribution in [2.75, 3.05) is 0 Å². The number of unbranched alkanes of at least 4 members (excludes halogenated alkanes) is 4. The van der Waals surface area contributed by atoms with Gasteiger partial charge in [0.15, 0.2) is 0 Å². The maximum atomic E-state index is 10.1. The smallest absolute Gasteiger partial charge is 0.303 e. The molecule has 0 atom stereocenters. The molecule has 0 bridgehead atoms. The lowest BCUT2D eigenvalue weighted by Crippen LogP contribution is -1.93. The highest BCUT2D eigenvalue weighted by Crippen LogP contribution is 2.04. The summed E-state index contributed by atoms with van der Waals surface area (Å²) in [5, 5.41) is 8.29. The highest BCUT2D eigenvalue weighted by Gasteiger charge is 1.94. The molecular weight excluding hydrogens is 128 g/mol. The zero-order valence-corrected chi connectivity index (χ0v) is 6.31. The van der Waals surface area contributed by atoms with Gasteiger partial charge in [0.1, 0.15) is 0 Å². The normalized spacial score (nSPS) is 11.0. The third-order valence-corrected chi connectivity index (χ3v) is 1.39. The van der Waals surface area contributed by atoms with E-state index in [2.05, 4.69) is 0 Å². The first kappa shape index (κ1) is 7.58. The number of carboxylic acids is 1. The maximum absolute atomic E-state index is 10.1. The van der Waals surface area contributed by atoms with Gasteiger partial charge < -0.3 is 5.11 Å². The molecule has 2 nitrogen and oxygen atoms in total. The molecule has 1 N–H and O–H groups in total. The van der Waals surface area contributed by atoms with E-state index in [9.17, 15) is 4.79 Å². The minimum atomic E-state index is -0.703. The number of hydrogen-bond donors (Lipinski definition) is 1. The first-order valence-corrected chi connectivity index (χ1v) is 3.78. The summed E-state index contributed by atoms with van der Waals surface area (Å²) in [7, 11) is 0. The van der Waals surface area contributed by atoms with Gasteiger partial charge in [-0.3, -0.25) is 4.79 Å². The molecule has 10 heavy (non-hydrogen) atoms. The first-order valence-electron chi connectivity index (χ1n) is 4.49. The molecule has 0 aliphatic heterocycles. The quantitative estimate of drug-likeness (QED) is 0.583. The molecule has 0 aromatic carbocycles. The lowest BCUT2D eigenvalue weighted by molar-refractivity contribution is -0.137. The van der Waals surface area contributed by atoms with Crippen LogP contribution in [-0.2, 0) is 4.79 Å². The molecule has 0 fully saturated rings. The zero-order valence-electron chi connectivity index (χ0n) is 7.31. The Labute approximate surface area is 63.7 Å². The van der Waals surface area contributed by atoms with Crippen molar-refractivity contribution in [1.29, 1.82) is 0 Å². The van der Waals surface area contributed by atoms with Crippen LogP contribution >= 0.6 is 0 Å². The SMILES string of the molecule is [2H]CCCCCCCC(=O)O. The zero-order chi connectivity index (χ0) is 8.53. The maximum Gasteiger partial charge on any atom is 0.303 e. The van der Waals surface area contributed by atoms with E-state index in [0.717, 1.165) is 32.1 Å². The Morgan fingerprint density at radius 2 is 2.10 bits per heavy atom. The summed E-state index contributed by atoms with van der Waals surface area (Å²) >= 11 is 0. The number of hydrogen-bond acceptors (Lipinski definition) is 1. The van der Waals surface area contributed by atoms with E-state index in [4.69, 9.17) is 6.48 Å². The molecule has 0 aliphatic carbocycles. The van der Waals surface area contributed by atoms with E-state index >= 15 is 0 Å². The summed E-state index contributed by atoms with van der Waals surface area (Å²) < 4.78 is 6.86. The molecular formula is C8H16O2. The minimum Gasteiger partial charge on any atom is -0.481 e. The predicted octanol–water partition coefficient (Wildman–Crippen LogP) is 2.43. The van der Waals surface area contributed by atoms with E-state index < -0.39 is 5.97 Å². The second kappa shape index (κ2) is 6.59. The van der Waals surface area contributed by atoms with Crippen molar-refractivity contribution < 1.29 is 11.3 Å². The average molecular weight is 145 g/mol. The van der Waals surface area contributed by atoms with Crippen LogP contribution in [0.25, 0.3) is 0 Å². The minimum absolute atomic E-state index is 0.293. The highest BCUT2D eigenvalue weighted by atomic mass is 16.4. The molecule has 0 saturated heterocycles. The predicted molar refractivity (Wildman–Crippen MR) is 41.0 cm³/mol. The third-order valence-electron chi connectivity index (χ3n) is 1.39. The molecule has 0 heterocycles. The van der Waals surface area contributed by atoms with Crippen LogP contribution in [0, 0.1) is 0 Å². The molecule has 0 radical (unpaired) electrons. The largest absolute Gasteiger partial charge is 0.481 e. The van der Waals surface area contributed by atoms with E-state index in [1.807, 2.05) is 0 Å². The summed E-state index contributed by atoms with van der Waals surface area (Å²) in [4.78, 5) is 10.1. The molecule has 2 heteroatoms. The van der Waals surface area contributed by atoms with Gasteiger partial charge in [-0.1, -0.05) is 32.6 Å². The monoisotopic (exact) mass is 145 g/mol. The first-order chi connectivity index (χ1) is 5.27. The molecule has 0 rings (SSSR count). The molecule has 0 aromatic rings. The topological polar surface area (TPSA) is 37.3 Å². The fourth-order valence-corrected chi connectivity index (χ4v) is 0.807. The van der Waals surface area contributed by atoms with Crippen LogP contribution in [0.1, 0.15) is 46.8 Å².